The molecule has 3 aromatic carbocycles. The van der Waals surface area contributed by atoms with Crippen molar-refractivity contribution in [3.63, 3.8) is 0 Å². The second-order valence-electron chi connectivity index (χ2n) is 8.48. The van der Waals surface area contributed by atoms with Gasteiger partial charge in [-0.05, 0) is 32.0 Å². The number of aromatic nitrogens is 1. The van der Waals surface area contributed by atoms with Gasteiger partial charge in [0.2, 0.25) is 0 Å². The largest absolute Gasteiger partial charge is 0.480 e. The maximum absolute atomic E-state index is 15.9. The van der Waals surface area contributed by atoms with Crippen molar-refractivity contribution in [2.45, 2.75) is 33.2 Å². The topological polar surface area (TPSA) is 60.7 Å². The average molecular weight is 471 g/mol. The predicted octanol–water partition coefficient (Wildman–Crippen LogP) is 6.25. The maximum atomic E-state index is 15.9. The van der Waals surface area contributed by atoms with Crippen molar-refractivity contribution < 1.29 is 13.9 Å². The summed E-state index contributed by atoms with van der Waals surface area (Å²) in [6.07, 6.45) is 0.293. The number of Topliss-reactive ketones (excluding diaryl/α,β-unsaturated/α-hetero) is 1. The highest BCUT2D eigenvalue weighted by molar-refractivity contribution is 6.14. The number of carbonyl (C=O) groups is 1. The van der Waals surface area contributed by atoms with E-state index < -0.39 is 11.4 Å². The molecule has 35 heavy (non-hydrogen) atoms. The van der Waals surface area contributed by atoms with E-state index in [9.17, 15) is 9.59 Å². The molecule has 0 saturated carbocycles. The average Bonchev–Trinajstić information content (AvgIpc) is 2.88. The Labute approximate surface area is 203 Å². The molecule has 0 radical (unpaired) electrons. The molecule has 0 aliphatic carbocycles. The minimum absolute atomic E-state index is 0.0561. The maximum Gasteiger partial charge on any atom is 0.293 e. The summed E-state index contributed by atoms with van der Waals surface area (Å²) in [5, 5.41) is 0.207. The zero-order valence-electron chi connectivity index (χ0n) is 20.0. The van der Waals surface area contributed by atoms with Crippen molar-refractivity contribution in [2.24, 2.45) is 4.99 Å². The van der Waals surface area contributed by atoms with Crippen LogP contribution < -0.4 is 10.3 Å². The minimum Gasteiger partial charge on any atom is -0.480 e. The van der Waals surface area contributed by atoms with Crippen LogP contribution in [-0.2, 0) is 4.79 Å². The fourth-order valence-electron chi connectivity index (χ4n) is 3.91. The van der Waals surface area contributed by atoms with Crippen LogP contribution in [0.5, 0.6) is 5.75 Å². The van der Waals surface area contributed by atoms with Gasteiger partial charge in [0.05, 0.1) is 11.2 Å². The lowest BCUT2D eigenvalue weighted by atomic mass is 10.0. The summed E-state index contributed by atoms with van der Waals surface area (Å²) >= 11 is 0. The van der Waals surface area contributed by atoms with Crippen LogP contribution >= 0.6 is 0 Å². The third-order valence-corrected chi connectivity index (χ3v) is 5.73. The van der Waals surface area contributed by atoms with Gasteiger partial charge >= 0.3 is 0 Å². The zero-order chi connectivity index (χ0) is 24.9. The smallest absolute Gasteiger partial charge is 0.293 e. The Morgan fingerprint density at radius 2 is 1.57 bits per heavy atom. The Hall–Kier alpha value is -4.06. The van der Waals surface area contributed by atoms with E-state index in [-0.39, 0.29) is 35.3 Å². The summed E-state index contributed by atoms with van der Waals surface area (Å²) in [5.41, 5.74) is 2.52. The highest BCUT2D eigenvalue weighted by Gasteiger charge is 2.18. The number of aliphatic imine (C=N–C) groups is 1. The molecule has 0 unspecified atom stereocenters. The van der Waals surface area contributed by atoms with Gasteiger partial charge < -0.3 is 9.30 Å². The number of pyridine rings is 1. The van der Waals surface area contributed by atoms with Crippen molar-refractivity contribution in [2.75, 3.05) is 6.61 Å². The van der Waals surface area contributed by atoms with Crippen molar-refractivity contribution in [3.05, 3.63) is 106 Å². The number of rotatable bonds is 8. The number of carbonyl (C=O) groups excluding carboxylic acids is 1. The van der Waals surface area contributed by atoms with Gasteiger partial charge in [-0.25, -0.2) is 9.38 Å². The van der Waals surface area contributed by atoms with Crippen LogP contribution in [0.4, 0.5) is 10.1 Å². The molecular formula is C29H27FN2O3. The Balaban J connectivity index is 1.92. The molecule has 0 atom stereocenters. The first-order valence-corrected chi connectivity index (χ1v) is 11.6. The van der Waals surface area contributed by atoms with E-state index in [1.54, 1.807) is 19.1 Å². The molecule has 1 heterocycles. The third kappa shape index (κ3) is 5.06. The van der Waals surface area contributed by atoms with Gasteiger partial charge in [-0.2, -0.15) is 0 Å². The molecule has 0 bridgehead atoms. The fourth-order valence-corrected chi connectivity index (χ4v) is 3.91. The summed E-state index contributed by atoms with van der Waals surface area (Å²) < 4.78 is 22.9. The van der Waals surface area contributed by atoms with E-state index >= 15 is 4.39 Å². The van der Waals surface area contributed by atoms with Gasteiger partial charge in [0.1, 0.15) is 12.3 Å². The lowest BCUT2D eigenvalue weighted by molar-refractivity contribution is -0.120. The van der Waals surface area contributed by atoms with Crippen molar-refractivity contribution in [3.8, 4) is 5.75 Å². The molecule has 4 aromatic rings. The number of halogens is 1. The van der Waals surface area contributed by atoms with E-state index in [2.05, 4.69) is 0 Å². The van der Waals surface area contributed by atoms with E-state index in [0.29, 0.717) is 17.6 Å². The van der Waals surface area contributed by atoms with Gasteiger partial charge in [-0.15, -0.1) is 0 Å². The molecule has 0 fully saturated rings. The molecule has 0 aliphatic heterocycles. The molecule has 6 heteroatoms. The highest BCUT2D eigenvalue weighted by atomic mass is 19.1. The van der Waals surface area contributed by atoms with Gasteiger partial charge in [0, 0.05) is 29.0 Å². The summed E-state index contributed by atoms with van der Waals surface area (Å²) in [6.45, 7) is 5.17. The van der Waals surface area contributed by atoms with Crippen LogP contribution in [-0.4, -0.2) is 22.7 Å². The highest BCUT2D eigenvalue weighted by Crippen LogP contribution is 2.30. The fraction of sp³-hybridized carbons (Fsp3) is 0.207. The third-order valence-electron chi connectivity index (χ3n) is 5.73. The van der Waals surface area contributed by atoms with Gasteiger partial charge in [0.25, 0.3) is 5.56 Å². The molecule has 0 N–H and O–H groups in total. The molecule has 178 valence electrons. The molecule has 5 nitrogen and oxygen atoms in total. The van der Waals surface area contributed by atoms with Crippen molar-refractivity contribution >= 4 is 28.1 Å². The SMILES string of the molecule is CCC(=O)COc1cc2c(F)c(N=C(c3ccccc3)c3ccccc3)ccc2n(C(C)C)c1=O. The first-order valence-electron chi connectivity index (χ1n) is 11.6. The summed E-state index contributed by atoms with van der Waals surface area (Å²) in [5.74, 6) is -0.762. The van der Waals surface area contributed by atoms with E-state index in [0.717, 1.165) is 11.1 Å². The molecule has 4 rings (SSSR count). The number of nitrogens with zero attached hydrogens (tertiary/aromatic N) is 2. The quantitative estimate of drug-likeness (QED) is 0.286. The summed E-state index contributed by atoms with van der Waals surface area (Å²) in [4.78, 5) is 29.5. The summed E-state index contributed by atoms with van der Waals surface area (Å²) in [7, 11) is 0. The minimum atomic E-state index is -0.562. The van der Waals surface area contributed by atoms with Crippen LogP contribution in [0.1, 0.15) is 44.4 Å². The monoisotopic (exact) mass is 470 g/mol. The van der Waals surface area contributed by atoms with E-state index in [4.69, 9.17) is 9.73 Å². The number of benzene rings is 3. The Bertz CT molecular complexity index is 1400. The molecule has 0 saturated heterocycles. The van der Waals surface area contributed by atoms with Crippen LogP contribution in [0.3, 0.4) is 0 Å². The van der Waals surface area contributed by atoms with Crippen LogP contribution in [0.25, 0.3) is 10.9 Å². The molecule has 1 aromatic heterocycles. The number of hydrogen-bond donors (Lipinski definition) is 0. The van der Waals surface area contributed by atoms with Crippen LogP contribution in [0.2, 0.25) is 0 Å². The standard InChI is InChI=1S/C29H27FN2O3/c1-4-22(33)18-35-26-17-23-25(32(19(2)3)29(26)34)16-15-24(27(23)30)31-28(20-11-7-5-8-12-20)21-13-9-6-10-14-21/h5-17,19H,4,18H2,1-3H3. The number of hydrogen-bond acceptors (Lipinski definition) is 4. The lowest BCUT2D eigenvalue weighted by Crippen LogP contribution is -2.25. The summed E-state index contributed by atoms with van der Waals surface area (Å²) in [6, 6.07) is 23.6. The lowest BCUT2D eigenvalue weighted by Gasteiger charge is -2.17. The molecular weight excluding hydrogens is 443 g/mol. The molecule has 0 amide bonds. The second kappa shape index (κ2) is 10.5. The predicted molar refractivity (Wildman–Crippen MR) is 138 cm³/mol. The van der Waals surface area contributed by atoms with Gasteiger partial charge in [0.15, 0.2) is 17.3 Å². The number of fused-ring (bicyclic) bond motifs is 1. The molecule has 0 aliphatic rings. The van der Waals surface area contributed by atoms with Crippen LogP contribution in [0.15, 0.2) is 88.6 Å². The first kappa shape index (κ1) is 24.1. The van der Waals surface area contributed by atoms with E-state index in [1.807, 2.05) is 74.5 Å². The molecule has 0 spiro atoms. The zero-order valence-corrected chi connectivity index (χ0v) is 20.0. The van der Waals surface area contributed by atoms with Crippen molar-refractivity contribution in [1.29, 1.82) is 0 Å². The van der Waals surface area contributed by atoms with E-state index in [1.165, 1.54) is 10.6 Å². The first-order chi connectivity index (χ1) is 16.9. The Morgan fingerprint density at radius 1 is 0.971 bits per heavy atom. The Morgan fingerprint density at radius 3 is 2.11 bits per heavy atom. The van der Waals surface area contributed by atoms with Gasteiger partial charge in [-0.3, -0.25) is 9.59 Å². The number of ether oxygens (including phenoxy) is 1. The number of ketones is 1. The van der Waals surface area contributed by atoms with Gasteiger partial charge in [-0.1, -0.05) is 67.6 Å². The Kier molecular flexibility index (Phi) is 7.20. The second-order valence-corrected chi connectivity index (χ2v) is 8.48. The van der Waals surface area contributed by atoms with Crippen LogP contribution in [0, 0.1) is 5.82 Å². The normalized spacial score (nSPS) is 11.0. The van der Waals surface area contributed by atoms with Crippen molar-refractivity contribution in [1.82, 2.24) is 4.57 Å².